The predicted octanol–water partition coefficient (Wildman–Crippen LogP) is 1.76. The van der Waals surface area contributed by atoms with Crippen LogP contribution in [0.4, 0.5) is 0 Å². The molecule has 1 aliphatic rings. The molecule has 0 saturated carbocycles. The van der Waals surface area contributed by atoms with Crippen molar-refractivity contribution in [1.29, 1.82) is 0 Å². The summed E-state index contributed by atoms with van der Waals surface area (Å²) < 4.78 is 5.25. The molecule has 3 nitrogen and oxygen atoms in total. The van der Waals surface area contributed by atoms with Gasteiger partial charge in [-0.15, -0.1) is 0 Å². The van der Waals surface area contributed by atoms with Crippen molar-refractivity contribution in [3.63, 3.8) is 0 Å². The Morgan fingerprint density at radius 2 is 2.00 bits per heavy atom. The maximum atomic E-state index is 10.3. The Bertz CT molecular complexity index is 179. The van der Waals surface area contributed by atoms with Gasteiger partial charge in [0.25, 0.3) is 0 Å². The van der Waals surface area contributed by atoms with Gasteiger partial charge in [-0.05, 0) is 30.8 Å². The highest BCUT2D eigenvalue weighted by atomic mass is 32.2. The van der Waals surface area contributed by atoms with E-state index in [4.69, 9.17) is 4.18 Å². The van der Waals surface area contributed by atoms with E-state index in [1.165, 1.54) is 12.0 Å². The standard InChI is InChI=1S/C11H23NO2S/c1-10(2)11(13)4-6-12(7-5-11)8-9-14-15-3/h10,13H,4-9H2,1-3H3. The van der Waals surface area contributed by atoms with Gasteiger partial charge in [-0.3, -0.25) is 0 Å². The van der Waals surface area contributed by atoms with Crippen LogP contribution in [0.2, 0.25) is 0 Å². The van der Waals surface area contributed by atoms with Gasteiger partial charge in [0.15, 0.2) is 0 Å². The van der Waals surface area contributed by atoms with Crippen LogP contribution in [-0.2, 0) is 4.18 Å². The average molecular weight is 233 g/mol. The normalized spacial score (nSPS) is 22.2. The summed E-state index contributed by atoms with van der Waals surface area (Å²) in [4.78, 5) is 2.37. The largest absolute Gasteiger partial charge is 0.390 e. The van der Waals surface area contributed by atoms with Crippen LogP contribution >= 0.6 is 12.0 Å². The Labute approximate surface area is 97.4 Å². The number of hydrogen-bond donors (Lipinski definition) is 1. The van der Waals surface area contributed by atoms with E-state index in [1.807, 2.05) is 6.26 Å². The first-order valence-corrected chi connectivity index (χ1v) is 6.84. The minimum atomic E-state index is -0.434. The minimum absolute atomic E-state index is 0.363. The molecule has 1 aliphatic heterocycles. The fraction of sp³-hybridized carbons (Fsp3) is 1.00. The Kier molecular flexibility index (Phi) is 5.39. The summed E-state index contributed by atoms with van der Waals surface area (Å²) in [5.41, 5.74) is -0.434. The van der Waals surface area contributed by atoms with Crippen LogP contribution in [0, 0.1) is 5.92 Å². The second-order valence-electron chi connectivity index (χ2n) is 4.59. The number of likely N-dealkylation sites (tertiary alicyclic amines) is 1. The van der Waals surface area contributed by atoms with Gasteiger partial charge < -0.3 is 14.2 Å². The van der Waals surface area contributed by atoms with Crippen LogP contribution in [0.1, 0.15) is 26.7 Å². The lowest BCUT2D eigenvalue weighted by Crippen LogP contribution is -2.48. The molecule has 1 fully saturated rings. The summed E-state index contributed by atoms with van der Waals surface area (Å²) in [5, 5.41) is 10.3. The Balaban J connectivity index is 2.23. The lowest BCUT2D eigenvalue weighted by atomic mass is 9.81. The summed E-state index contributed by atoms with van der Waals surface area (Å²) in [6, 6.07) is 0. The van der Waals surface area contributed by atoms with Gasteiger partial charge in [-0.25, -0.2) is 0 Å². The summed E-state index contributed by atoms with van der Waals surface area (Å²) in [6.45, 7) is 7.95. The van der Waals surface area contributed by atoms with Crippen LogP contribution in [0.5, 0.6) is 0 Å². The van der Waals surface area contributed by atoms with Crippen molar-refractivity contribution in [1.82, 2.24) is 4.90 Å². The van der Waals surface area contributed by atoms with Crippen LogP contribution in [0.25, 0.3) is 0 Å². The van der Waals surface area contributed by atoms with Crippen molar-refractivity contribution in [2.45, 2.75) is 32.3 Å². The summed E-state index contributed by atoms with van der Waals surface area (Å²) in [7, 11) is 0. The van der Waals surface area contributed by atoms with Gasteiger partial charge in [0, 0.05) is 25.9 Å². The number of rotatable bonds is 5. The van der Waals surface area contributed by atoms with Crippen LogP contribution in [0.3, 0.4) is 0 Å². The van der Waals surface area contributed by atoms with E-state index < -0.39 is 5.60 Å². The molecule has 15 heavy (non-hydrogen) atoms. The van der Waals surface area contributed by atoms with E-state index in [9.17, 15) is 5.11 Å². The topological polar surface area (TPSA) is 32.7 Å². The highest BCUT2D eigenvalue weighted by molar-refractivity contribution is 7.93. The molecule has 0 atom stereocenters. The average Bonchev–Trinajstić information content (AvgIpc) is 2.21. The number of aliphatic hydroxyl groups is 1. The van der Waals surface area contributed by atoms with Crippen LogP contribution in [0.15, 0.2) is 0 Å². The molecule has 1 saturated heterocycles. The van der Waals surface area contributed by atoms with Crippen molar-refractivity contribution in [3.05, 3.63) is 0 Å². The van der Waals surface area contributed by atoms with Gasteiger partial charge in [-0.1, -0.05) is 13.8 Å². The first-order chi connectivity index (χ1) is 7.08. The molecule has 0 radical (unpaired) electrons. The predicted molar refractivity (Wildman–Crippen MR) is 64.9 cm³/mol. The van der Waals surface area contributed by atoms with Crippen molar-refractivity contribution >= 4 is 12.0 Å². The molecular weight excluding hydrogens is 210 g/mol. The fourth-order valence-corrected chi connectivity index (χ4v) is 2.23. The Morgan fingerprint density at radius 1 is 1.40 bits per heavy atom. The van der Waals surface area contributed by atoms with Crippen LogP contribution < -0.4 is 0 Å². The van der Waals surface area contributed by atoms with Crippen molar-refractivity contribution < 1.29 is 9.29 Å². The third-order valence-corrected chi connectivity index (χ3v) is 3.81. The van der Waals surface area contributed by atoms with E-state index in [0.29, 0.717) is 5.92 Å². The summed E-state index contributed by atoms with van der Waals surface area (Å²) >= 11 is 1.42. The SMILES string of the molecule is CSOCCN1CCC(O)(C(C)C)CC1. The molecule has 0 aromatic heterocycles. The second kappa shape index (κ2) is 6.09. The van der Waals surface area contributed by atoms with E-state index in [2.05, 4.69) is 18.7 Å². The first-order valence-electron chi connectivity index (χ1n) is 5.69. The molecular formula is C11H23NO2S. The van der Waals surface area contributed by atoms with Crippen molar-refractivity contribution in [3.8, 4) is 0 Å². The zero-order chi connectivity index (χ0) is 11.3. The molecule has 1 heterocycles. The zero-order valence-corrected chi connectivity index (χ0v) is 10.8. The maximum Gasteiger partial charge on any atom is 0.0740 e. The molecule has 0 amide bonds. The van der Waals surface area contributed by atoms with Gasteiger partial charge in [0.05, 0.1) is 12.2 Å². The maximum absolute atomic E-state index is 10.3. The highest BCUT2D eigenvalue weighted by Gasteiger charge is 2.34. The van der Waals surface area contributed by atoms with E-state index in [-0.39, 0.29) is 0 Å². The van der Waals surface area contributed by atoms with Gasteiger partial charge >= 0.3 is 0 Å². The summed E-state index contributed by atoms with van der Waals surface area (Å²) in [6.07, 6.45) is 3.72. The molecule has 90 valence electrons. The Hall–Kier alpha value is 0.230. The zero-order valence-electron chi connectivity index (χ0n) is 10.0. The lowest BCUT2D eigenvalue weighted by Gasteiger charge is -2.40. The number of piperidine rings is 1. The minimum Gasteiger partial charge on any atom is -0.390 e. The molecule has 1 rings (SSSR count). The molecule has 0 unspecified atom stereocenters. The van der Waals surface area contributed by atoms with E-state index >= 15 is 0 Å². The second-order valence-corrected chi connectivity index (χ2v) is 5.16. The van der Waals surface area contributed by atoms with Gasteiger partial charge in [0.1, 0.15) is 0 Å². The van der Waals surface area contributed by atoms with Gasteiger partial charge in [-0.2, -0.15) is 0 Å². The first kappa shape index (κ1) is 13.3. The molecule has 0 aromatic carbocycles. The summed E-state index contributed by atoms with van der Waals surface area (Å²) in [5.74, 6) is 0.363. The molecule has 0 aromatic rings. The van der Waals surface area contributed by atoms with Crippen molar-refractivity contribution in [2.24, 2.45) is 5.92 Å². The van der Waals surface area contributed by atoms with Gasteiger partial charge in [0.2, 0.25) is 0 Å². The van der Waals surface area contributed by atoms with E-state index in [1.54, 1.807) is 0 Å². The fourth-order valence-electron chi connectivity index (χ4n) is 1.99. The lowest BCUT2D eigenvalue weighted by molar-refractivity contribution is -0.0574. The van der Waals surface area contributed by atoms with Crippen molar-refractivity contribution in [2.75, 3.05) is 32.5 Å². The molecule has 0 aliphatic carbocycles. The number of nitrogens with zero attached hydrogens (tertiary/aromatic N) is 1. The number of hydrogen-bond acceptors (Lipinski definition) is 4. The van der Waals surface area contributed by atoms with Crippen LogP contribution in [-0.4, -0.2) is 48.1 Å². The molecule has 0 spiro atoms. The Morgan fingerprint density at radius 3 is 2.47 bits per heavy atom. The third kappa shape index (κ3) is 3.94. The van der Waals surface area contributed by atoms with E-state index in [0.717, 1.165) is 39.1 Å². The highest BCUT2D eigenvalue weighted by Crippen LogP contribution is 2.29. The monoisotopic (exact) mass is 233 g/mol. The third-order valence-electron chi connectivity index (χ3n) is 3.41. The molecule has 4 heteroatoms. The smallest absolute Gasteiger partial charge is 0.0740 e. The quantitative estimate of drug-likeness (QED) is 0.579. The molecule has 1 N–H and O–H groups in total. The molecule has 0 bridgehead atoms.